The van der Waals surface area contributed by atoms with Crippen LogP contribution >= 0.6 is 22.9 Å². The van der Waals surface area contributed by atoms with Crippen LogP contribution in [0, 0.1) is 19.7 Å². The standard InChI is InChI=1S/C14H14ClFN2O2S/c1-7-13(21-8(2)17-7)14(20)18-12(6-19)9-3-4-10(15)11(16)5-9/h3-5,12,19H,6H2,1-2H3,(H,18,20). The molecule has 1 aromatic carbocycles. The quantitative estimate of drug-likeness (QED) is 0.907. The van der Waals surface area contributed by atoms with Gasteiger partial charge in [-0.2, -0.15) is 0 Å². The molecule has 4 nitrogen and oxygen atoms in total. The highest BCUT2D eigenvalue weighted by atomic mass is 35.5. The molecule has 0 aliphatic carbocycles. The van der Waals surface area contributed by atoms with E-state index in [0.29, 0.717) is 16.1 Å². The van der Waals surface area contributed by atoms with Gasteiger partial charge in [0.25, 0.3) is 5.91 Å². The molecule has 0 saturated carbocycles. The summed E-state index contributed by atoms with van der Waals surface area (Å²) in [6, 6.07) is 3.46. The fourth-order valence-corrected chi connectivity index (χ4v) is 2.87. The first-order chi connectivity index (χ1) is 9.92. The summed E-state index contributed by atoms with van der Waals surface area (Å²) in [6.45, 7) is 3.21. The van der Waals surface area contributed by atoms with Gasteiger partial charge in [0, 0.05) is 0 Å². The lowest BCUT2D eigenvalue weighted by atomic mass is 10.1. The van der Waals surface area contributed by atoms with E-state index >= 15 is 0 Å². The number of hydrogen-bond donors (Lipinski definition) is 2. The molecule has 21 heavy (non-hydrogen) atoms. The number of carbonyl (C=O) groups excluding carboxylic acids is 1. The van der Waals surface area contributed by atoms with E-state index < -0.39 is 11.9 Å². The molecule has 112 valence electrons. The zero-order valence-electron chi connectivity index (χ0n) is 11.5. The van der Waals surface area contributed by atoms with Crippen molar-refractivity contribution in [2.75, 3.05) is 6.61 Å². The molecule has 2 aromatic rings. The number of aryl methyl sites for hydroxylation is 2. The molecule has 0 spiro atoms. The van der Waals surface area contributed by atoms with Crippen molar-refractivity contribution in [3.8, 4) is 0 Å². The minimum atomic E-state index is -0.703. The lowest BCUT2D eigenvalue weighted by Gasteiger charge is -2.16. The molecule has 0 fully saturated rings. The van der Waals surface area contributed by atoms with E-state index in [0.717, 1.165) is 5.01 Å². The van der Waals surface area contributed by atoms with Crippen LogP contribution in [0.15, 0.2) is 18.2 Å². The number of carbonyl (C=O) groups is 1. The maximum Gasteiger partial charge on any atom is 0.263 e. The Kier molecular flexibility index (Phi) is 4.92. The summed E-state index contributed by atoms with van der Waals surface area (Å²) in [5, 5.41) is 12.9. The maximum absolute atomic E-state index is 13.5. The number of nitrogens with one attached hydrogen (secondary N) is 1. The Balaban J connectivity index is 2.20. The van der Waals surface area contributed by atoms with Crippen LogP contribution in [-0.4, -0.2) is 22.6 Å². The normalized spacial score (nSPS) is 12.2. The van der Waals surface area contributed by atoms with E-state index in [1.807, 2.05) is 6.92 Å². The average Bonchev–Trinajstić information content (AvgIpc) is 2.78. The number of hydrogen-bond acceptors (Lipinski definition) is 4. The Morgan fingerprint density at radius 1 is 1.52 bits per heavy atom. The van der Waals surface area contributed by atoms with Crippen LogP contribution in [0.5, 0.6) is 0 Å². The summed E-state index contributed by atoms with van der Waals surface area (Å²) < 4.78 is 13.5. The average molecular weight is 329 g/mol. The van der Waals surface area contributed by atoms with E-state index in [4.69, 9.17) is 11.6 Å². The van der Waals surface area contributed by atoms with Gasteiger partial charge in [-0.15, -0.1) is 11.3 Å². The van der Waals surface area contributed by atoms with Crippen LogP contribution < -0.4 is 5.32 Å². The first kappa shape index (κ1) is 15.9. The van der Waals surface area contributed by atoms with Crippen LogP contribution in [0.3, 0.4) is 0 Å². The molecular formula is C14H14ClFN2O2S. The number of nitrogens with zero attached hydrogens (tertiary/aromatic N) is 1. The molecule has 1 heterocycles. The van der Waals surface area contributed by atoms with Gasteiger partial charge in [-0.05, 0) is 31.5 Å². The third-order valence-corrected chi connectivity index (χ3v) is 4.32. The Morgan fingerprint density at radius 2 is 2.24 bits per heavy atom. The number of aliphatic hydroxyl groups excluding tert-OH is 1. The highest BCUT2D eigenvalue weighted by Crippen LogP contribution is 2.22. The molecule has 0 saturated heterocycles. The number of halogens is 2. The summed E-state index contributed by atoms with van der Waals surface area (Å²) in [6.07, 6.45) is 0. The maximum atomic E-state index is 13.5. The van der Waals surface area contributed by atoms with E-state index in [9.17, 15) is 14.3 Å². The van der Waals surface area contributed by atoms with E-state index in [1.165, 1.54) is 23.5 Å². The van der Waals surface area contributed by atoms with Crippen LogP contribution in [-0.2, 0) is 0 Å². The molecular weight excluding hydrogens is 315 g/mol. The molecule has 1 amide bonds. The molecule has 0 radical (unpaired) electrons. The highest BCUT2D eigenvalue weighted by Gasteiger charge is 2.19. The third-order valence-electron chi connectivity index (χ3n) is 2.94. The number of benzene rings is 1. The van der Waals surface area contributed by atoms with Crippen molar-refractivity contribution in [1.29, 1.82) is 0 Å². The van der Waals surface area contributed by atoms with Crippen LogP contribution in [0.4, 0.5) is 4.39 Å². The number of amides is 1. The van der Waals surface area contributed by atoms with Crippen molar-refractivity contribution < 1.29 is 14.3 Å². The number of rotatable bonds is 4. The molecule has 1 atom stereocenters. The van der Waals surface area contributed by atoms with Crippen molar-refractivity contribution in [2.45, 2.75) is 19.9 Å². The molecule has 0 aliphatic rings. The Bertz CT molecular complexity index is 675. The number of aliphatic hydroxyl groups is 1. The lowest BCUT2D eigenvalue weighted by molar-refractivity contribution is 0.0919. The van der Waals surface area contributed by atoms with Gasteiger partial charge < -0.3 is 10.4 Å². The predicted molar refractivity (Wildman–Crippen MR) is 80.3 cm³/mol. The second-order valence-corrected chi connectivity index (χ2v) is 6.14. The Hall–Kier alpha value is -1.50. The van der Waals surface area contributed by atoms with Crippen molar-refractivity contribution in [3.63, 3.8) is 0 Å². The minimum absolute atomic E-state index is 0.00399. The van der Waals surface area contributed by atoms with Gasteiger partial charge in [-0.25, -0.2) is 9.37 Å². The fourth-order valence-electron chi connectivity index (χ4n) is 1.93. The first-order valence-corrected chi connectivity index (χ1v) is 7.42. The SMILES string of the molecule is Cc1nc(C)c(C(=O)NC(CO)c2ccc(Cl)c(F)c2)s1. The van der Waals surface area contributed by atoms with Crippen LogP contribution in [0.1, 0.15) is 32.0 Å². The second kappa shape index (κ2) is 6.51. The van der Waals surface area contributed by atoms with Gasteiger partial charge in [-0.3, -0.25) is 4.79 Å². The summed E-state index contributed by atoms with van der Waals surface area (Å²) in [7, 11) is 0. The molecule has 0 bridgehead atoms. The lowest BCUT2D eigenvalue weighted by Crippen LogP contribution is -2.30. The monoisotopic (exact) mass is 328 g/mol. The van der Waals surface area contributed by atoms with Crippen molar-refractivity contribution in [1.82, 2.24) is 10.3 Å². The molecule has 1 unspecified atom stereocenters. The van der Waals surface area contributed by atoms with Gasteiger partial charge in [0.15, 0.2) is 0 Å². The molecule has 1 aromatic heterocycles. The fraction of sp³-hybridized carbons (Fsp3) is 0.286. The second-order valence-electron chi connectivity index (χ2n) is 4.53. The zero-order valence-corrected chi connectivity index (χ0v) is 13.1. The minimum Gasteiger partial charge on any atom is -0.394 e. The topological polar surface area (TPSA) is 62.2 Å². The number of aromatic nitrogens is 1. The summed E-state index contributed by atoms with van der Waals surface area (Å²) in [4.78, 5) is 16.9. The van der Waals surface area contributed by atoms with Gasteiger partial charge in [-0.1, -0.05) is 17.7 Å². The summed E-state index contributed by atoms with van der Waals surface area (Å²) in [5.41, 5.74) is 1.08. The molecule has 2 rings (SSSR count). The van der Waals surface area contributed by atoms with E-state index in [2.05, 4.69) is 10.3 Å². The van der Waals surface area contributed by atoms with Crippen molar-refractivity contribution >= 4 is 28.8 Å². The molecule has 7 heteroatoms. The summed E-state index contributed by atoms with van der Waals surface area (Å²) in [5.74, 6) is -0.931. The molecule has 2 N–H and O–H groups in total. The predicted octanol–water partition coefficient (Wildman–Crippen LogP) is 3.02. The van der Waals surface area contributed by atoms with Gasteiger partial charge in [0.1, 0.15) is 10.7 Å². The van der Waals surface area contributed by atoms with Gasteiger partial charge in [0.05, 0.1) is 28.4 Å². The largest absolute Gasteiger partial charge is 0.394 e. The molecule has 0 aliphatic heterocycles. The van der Waals surface area contributed by atoms with E-state index in [-0.39, 0.29) is 17.5 Å². The smallest absolute Gasteiger partial charge is 0.263 e. The highest BCUT2D eigenvalue weighted by molar-refractivity contribution is 7.13. The van der Waals surface area contributed by atoms with Crippen molar-refractivity contribution in [2.24, 2.45) is 0 Å². The zero-order chi connectivity index (χ0) is 15.6. The Morgan fingerprint density at radius 3 is 2.76 bits per heavy atom. The van der Waals surface area contributed by atoms with Crippen molar-refractivity contribution in [3.05, 3.63) is 50.2 Å². The van der Waals surface area contributed by atoms with Crippen LogP contribution in [0.2, 0.25) is 5.02 Å². The third kappa shape index (κ3) is 3.58. The first-order valence-electron chi connectivity index (χ1n) is 6.23. The Labute approximate surface area is 130 Å². The number of thiazole rings is 1. The van der Waals surface area contributed by atoms with Gasteiger partial charge >= 0.3 is 0 Å². The van der Waals surface area contributed by atoms with Crippen LogP contribution in [0.25, 0.3) is 0 Å². The van der Waals surface area contributed by atoms with E-state index in [1.54, 1.807) is 13.0 Å². The van der Waals surface area contributed by atoms with Gasteiger partial charge in [0.2, 0.25) is 0 Å². The summed E-state index contributed by atoms with van der Waals surface area (Å²) >= 11 is 6.90.